The number of carbonyl (C=O) groups excluding carboxylic acids is 3. The first kappa shape index (κ1) is 20.9. The van der Waals surface area contributed by atoms with E-state index in [0.29, 0.717) is 22.9 Å². The van der Waals surface area contributed by atoms with Crippen molar-refractivity contribution in [3.05, 3.63) is 59.1 Å². The number of aryl methyl sites for hydroxylation is 1. The van der Waals surface area contributed by atoms with Gasteiger partial charge in [-0.25, -0.2) is 9.69 Å². The minimum atomic E-state index is -0.835. The standard InChI is InChI=1S/C22H24ClN3O3/c1-14(2)13-25-19(12-20(27)24-17-9-7-16(23)8-10-17)21(28)26(22(25)29)18-6-4-5-15(3)11-18/h4-11,14,19H,12-13H2,1-3H3,(H,24,27)/t19-/m1/s1. The molecule has 2 aromatic rings. The molecule has 3 rings (SSSR count). The van der Waals surface area contributed by atoms with Crippen LogP contribution in [0.4, 0.5) is 16.2 Å². The molecule has 1 saturated heterocycles. The molecule has 1 heterocycles. The van der Waals surface area contributed by atoms with E-state index in [2.05, 4.69) is 5.32 Å². The SMILES string of the molecule is Cc1cccc(N2C(=O)[C@@H](CC(=O)Nc3ccc(Cl)cc3)N(CC(C)C)C2=O)c1. The van der Waals surface area contributed by atoms with Crippen molar-refractivity contribution >= 4 is 40.8 Å². The van der Waals surface area contributed by atoms with E-state index in [1.165, 1.54) is 9.80 Å². The van der Waals surface area contributed by atoms with Crippen LogP contribution in [-0.2, 0) is 9.59 Å². The molecule has 1 atom stereocenters. The van der Waals surface area contributed by atoms with Gasteiger partial charge in [-0.05, 0) is 54.8 Å². The van der Waals surface area contributed by atoms with Crippen LogP contribution in [0.1, 0.15) is 25.8 Å². The third-order valence-electron chi connectivity index (χ3n) is 4.65. The Bertz CT molecular complexity index is 927. The second kappa shape index (κ2) is 8.66. The number of nitrogens with one attached hydrogen (secondary N) is 1. The summed E-state index contributed by atoms with van der Waals surface area (Å²) in [6.45, 7) is 6.24. The predicted molar refractivity (Wildman–Crippen MR) is 114 cm³/mol. The number of halogens is 1. The molecule has 1 aliphatic rings. The van der Waals surface area contributed by atoms with Crippen molar-refractivity contribution in [1.82, 2.24) is 4.90 Å². The normalized spacial score (nSPS) is 16.7. The van der Waals surface area contributed by atoms with Gasteiger partial charge in [-0.1, -0.05) is 37.6 Å². The molecule has 1 N–H and O–H groups in total. The molecule has 7 heteroatoms. The maximum absolute atomic E-state index is 13.1. The predicted octanol–water partition coefficient (Wildman–Crippen LogP) is 4.47. The lowest BCUT2D eigenvalue weighted by molar-refractivity contribution is -0.124. The molecule has 0 aliphatic carbocycles. The van der Waals surface area contributed by atoms with Gasteiger partial charge in [0.2, 0.25) is 5.91 Å². The van der Waals surface area contributed by atoms with Crippen molar-refractivity contribution in [3.63, 3.8) is 0 Å². The first-order chi connectivity index (χ1) is 13.8. The van der Waals surface area contributed by atoms with Crippen LogP contribution in [0.2, 0.25) is 5.02 Å². The van der Waals surface area contributed by atoms with E-state index in [0.717, 1.165) is 5.56 Å². The van der Waals surface area contributed by atoms with Crippen molar-refractivity contribution in [3.8, 4) is 0 Å². The van der Waals surface area contributed by atoms with Gasteiger partial charge in [-0.3, -0.25) is 9.59 Å². The maximum atomic E-state index is 13.1. The summed E-state index contributed by atoms with van der Waals surface area (Å²) in [5.41, 5.74) is 2.05. The summed E-state index contributed by atoms with van der Waals surface area (Å²) in [6.07, 6.45) is -0.109. The fourth-order valence-corrected chi connectivity index (χ4v) is 3.49. The lowest BCUT2D eigenvalue weighted by atomic mass is 10.1. The van der Waals surface area contributed by atoms with Crippen LogP contribution in [-0.4, -0.2) is 35.3 Å². The minimum absolute atomic E-state index is 0.109. The van der Waals surface area contributed by atoms with Crippen molar-refractivity contribution in [2.45, 2.75) is 33.2 Å². The van der Waals surface area contributed by atoms with Crippen LogP contribution in [0.15, 0.2) is 48.5 Å². The Labute approximate surface area is 175 Å². The van der Waals surface area contributed by atoms with Gasteiger partial charge in [0.05, 0.1) is 12.1 Å². The largest absolute Gasteiger partial charge is 0.332 e. The van der Waals surface area contributed by atoms with Crippen LogP contribution in [0.5, 0.6) is 0 Å². The summed E-state index contributed by atoms with van der Waals surface area (Å²) in [5, 5.41) is 3.33. The number of hydrogen-bond acceptors (Lipinski definition) is 3. The van der Waals surface area contributed by atoms with E-state index in [4.69, 9.17) is 11.6 Å². The molecule has 0 bridgehead atoms. The highest BCUT2D eigenvalue weighted by molar-refractivity contribution is 6.30. The molecule has 152 valence electrons. The van der Waals surface area contributed by atoms with Crippen LogP contribution in [0.3, 0.4) is 0 Å². The third-order valence-corrected chi connectivity index (χ3v) is 4.90. The lowest BCUT2D eigenvalue weighted by Crippen LogP contribution is -2.40. The van der Waals surface area contributed by atoms with Crippen LogP contribution in [0.25, 0.3) is 0 Å². The highest BCUT2D eigenvalue weighted by Crippen LogP contribution is 2.28. The molecule has 1 fully saturated rings. The Morgan fingerprint density at radius 1 is 1.14 bits per heavy atom. The molecule has 2 aromatic carbocycles. The van der Waals surface area contributed by atoms with Gasteiger partial charge in [-0.2, -0.15) is 0 Å². The number of hydrogen-bond donors (Lipinski definition) is 1. The highest BCUT2D eigenvalue weighted by atomic mass is 35.5. The number of rotatable bonds is 6. The molecule has 0 spiro atoms. The van der Waals surface area contributed by atoms with Gasteiger partial charge >= 0.3 is 6.03 Å². The van der Waals surface area contributed by atoms with Gasteiger partial charge in [0.1, 0.15) is 6.04 Å². The molecular weight excluding hydrogens is 390 g/mol. The fraction of sp³-hybridized carbons (Fsp3) is 0.318. The smallest absolute Gasteiger partial charge is 0.326 e. The van der Waals surface area contributed by atoms with Crippen LogP contribution < -0.4 is 10.2 Å². The number of carbonyl (C=O) groups is 3. The van der Waals surface area contributed by atoms with Gasteiger partial charge < -0.3 is 10.2 Å². The van der Waals surface area contributed by atoms with E-state index in [9.17, 15) is 14.4 Å². The Balaban J connectivity index is 1.82. The Kier molecular flexibility index (Phi) is 6.23. The van der Waals surface area contributed by atoms with E-state index >= 15 is 0 Å². The summed E-state index contributed by atoms with van der Waals surface area (Å²) < 4.78 is 0. The Morgan fingerprint density at radius 3 is 2.45 bits per heavy atom. The highest BCUT2D eigenvalue weighted by Gasteiger charge is 2.46. The zero-order valence-electron chi connectivity index (χ0n) is 16.7. The number of anilines is 2. The average molecular weight is 414 g/mol. The average Bonchev–Trinajstić information content (AvgIpc) is 2.87. The van der Waals surface area contributed by atoms with E-state index in [1.54, 1.807) is 42.5 Å². The number of urea groups is 1. The monoisotopic (exact) mass is 413 g/mol. The lowest BCUT2D eigenvalue weighted by Gasteiger charge is -2.23. The van der Waals surface area contributed by atoms with E-state index in [-0.39, 0.29) is 24.2 Å². The molecule has 0 radical (unpaired) electrons. The second-order valence-electron chi connectivity index (χ2n) is 7.62. The summed E-state index contributed by atoms with van der Waals surface area (Å²) in [4.78, 5) is 41.4. The Hall–Kier alpha value is -2.86. The quantitative estimate of drug-likeness (QED) is 0.710. The zero-order chi connectivity index (χ0) is 21.1. The molecule has 6 nitrogen and oxygen atoms in total. The number of imide groups is 1. The number of benzene rings is 2. The molecule has 4 amide bonds. The summed E-state index contributed by atoms with van der Waals surface area (Å²) in [6, 6.07) is 12.7. The molecule has 0 aromatic heterocycles. The first-order valence-electron chi connectivity index (χ1n) is 9.53. The van der Waals surface area contributed by atoms with Crippen molar-refractivity contribution in [2.24, 2.45) is 5.92 Å². The first-order valence-corrected chi connectivity index (χ1v) is 9.90. The van der Waals surface area contributed by atoms with Crippen LogP contribution >= 0.6 is 11.6 Å². The topological polar surface area (TPSA) is 69.7 Å². The summed E-state index contributed by atoms with van der Waals surface area (Å²) >= 11 is 5.87. The van der Waals surface area contributed by atoms with Gasteiger partial charge in [-0.15, -0.1) is 0 Å². The minimum Gasteiger partial charge on any atom is -0.326 e. The molecule has 0 unspecified atom stereocenters. The molecule has 0 saturated carbocycles. The molecular formula is C22H24ClN3O3. The van der Waals surface area contributed by atoms with Gasteiger partial charge in [0.15, 0.2) is 0 Å². The van der Waals surface area contributed by atoms with Crippen molar-refractivity contribution in [2.75, 3.05) is 16.8 Å². The molecule has 29 heavy (non-hydrogen) atoms. The molecule has 1 aliphatic heterocycles. The van der Waals surface area contributed by atoms with E-state index in [1.807, 2.05) is 26.8 Å². The van der Waals surface area contributed by atoms with Gasteiger partial charge in [0, 0.05) is 17.3 Å². The van der Waals surface area contributed by atoms with Crippen molar-refractivity contribution in [1.29, 1.82) is 0 Å². The maximum Gasteiger partial charge on any atom is 0.332 e. The summed E-state index contributed by atoms with van der Waals surface area (Å²) in [5.74, 6) is -0.558. The number of amides is 4. The van der Waals surface area contributed by atoms with E-state index < -0.39 is 12.1 Å². The summed E-state index contributed by atoms with van der Waals surface area (Å²) in [7, 11) is 0. The number of nitrogens with zero attached hydrogens (tertiary/aromatic N) is 2. The van der Waals surface area contributed by atoms with Crippen LogP contribution in [0, 0.1) is 12.8 Å². The Morgan fingerprint density at radius 2 is 1.83 bits per heavy atom. The van der Waals surface area contributed by atoms with Crippen molar-refractivity contribution < 1.29 is 14.4 Å². The second-order valence-corrected chi connectivity index (χ2v) is 8.05. The van der Waals surface area contributed by atoms with Gasteiger partial charge in [0.25, 0.3) is 5.91 Å². The third kappa shape index (κ3) is 4.77. The fourth-order valence-electron chi connectivity index (χ4n) is 3.36. The zero-order valence-corrected chi connectivity index (χ0v) is 17.4.